The Balaban J connectivity index is 2.00. The molecule has 19 heavy (non-hydrogen) atoms. The van der Waals surface area contributed by atoms with Gasteiger partial charge < -0.3 is 19.8 Å². The van der Waals surface area contributed by atoms with Crippen LogP contribution in [0.5, 0.6) is 0 Å². The lowest BCUT2D eigenvalue weighted by Crippen LogP contribution is -2.48. The lowest BCUT2D eigenvalue weighted by molar-refractivity contribution is -0.0864. The van der Waals surface area contributed by atoms with Crippen molar-refractivity contribution >= 4 is 18.1 Å². The molecule has 1 aliphatic rings. The molecule has 0 atom stereocenters. The second-order valence-corrected chi connectivity index (χ2v) is 5.00. The predicted octanol–water partition coefficient (Wildman–Crippen LogP) is 1.67. The van der Waals surface area contributed by atoms with E-state index in [1.54, 1.807) is 25.4 Å². The van der Waals surface area contributed by atoms with Gasteiger partial charge in [-0.15, -0.1) is 0 Å². The van der Waals surface area contributed by atoms with E-state index in [1.165, 1.54) is 0 Å². The predicted molar refractivity (Wildman–Crippen MR) is 73.8 cm³/mol. The van der Waals surface area contributed by atoms with Crippen LogP contribution in [-0.2, 0) is 9.47 Å². The lowest BCUT2D eigenvalue weighted by Gasteiger charge is -2.35. The highest BCUT2D eigenvalue weighted by Crippen LogP contribution is 2.23. The highest BCUT2D eigenvalue weighted by Gasteiger charge is 2.32. The fourth-order valence-electron chi connectivity index (χ4n) is 2.13. The molecule has 1 amide bonds. The van der Waals surface area contributed by atoms with E-state index in [1.807, 2.05) is 0 Å². The van der Waals surface area contributed by atoms with Crippen molar-refractivity contribution in [2.24, 2.45) is 0 Å². The van der Waals surface area contributed by atoms with Gasteiger partial charge in [0.1, 0.15) is 4.64 Å². The van der Waals surface area contributed by atoms with Gasteiger partial charge in [0.15, 0.2) is 0 Å². The number of rotatable bonds is 4. The van der Waals surface area contributed by atoms with Crippen LogP contribution >= 0.6 is 12.2 Å². The largest absolute Gasteiger partial charge is 0.381 e. The molecule has 0 radical (unpaired) electrons. The Labute approximate surface area is 117 Å². The van der Waals surface area contributed by atoms with Gasteiger partial charge in [-0.3, -0.25) is 4.79 Å². The minimum Gasteiger partial charge on any atom is -0.381 e. The summed E-state index contributed by atoms with van der Waals surface area (Å²) in [7, 11) is 1.67. The molecule has 1 fully saturated rings. The van der Waals surface area contributed by atoms with E-state index in [9.17, 15) is 4.79 Å². The molecule has 6 heteroatoms. The van der Waals surface area contributed by atoms with E-state index >= 15 is 0 Å². The van der Waals surface area contributed by atoms with Gasteiger partial charge in [-0.25, -0.2) is 0 Å². The van der Waals surface area contributed by atoms with Gasteiger partial charge in [-0.2, -0.15) is 0 Å². The number of pyridine rings is 1. The average molecular weight is 282 g/mol. The first-order valence-electron chi connectivity index (χ1n) is 6.26. The molecule has 1 saturated heterocycles. The molecule has 104 valence electrons. The molecule has 2 rings (SSSR count). The number of carbonyl (C=O) groups excluding carboxylic acids is 1. The number of hydrogen-bond acceptors (Lipinski definition) is 4. The van der Waals surface area contributed by atoms with Crippen LogP contribution in [0.2, 0.25) is 0 Å². The van der Waals surface area contributed by atoms with E-state index in [4.69, 9.17) is 21.7 Å². The molecule has 0 spiro atoms. The van der Waals surface area contributed by atoms with Crippen molar-refractivity contribution in [3.63, 3.8) is 0 Å². The van der Waals surface area contributed by atoms with Gasteiger partial charge in [0.2, 0.25) is 0 Å². The third kappa shape index (κ3) is 3.40. The van der Waals surface area contributed by atoms with Crippen LogP contribution in [0.3, 0.4) is 0 Å². The van der Waals surface area contributed by atoms with Crippen molar-refractivity contribution in [3.05, 3.63) is 28.5 Å². The summed E-state index contributed by atoms with van der Waals surface area (Å²) in [4.78, 5) is 14.9. The molecule has 0 bridgehead atoms. The number of aromatic amines is 1. The van der Waals surface area contributed by atoms with Gasteiger partial charge in [0, 0.05) is 45.9 Å². The zero-order valence-electron chi connectivity index (χ0n) is 10.9. The quantitative estimate of drug-likeness (QED) is 0.825. The van der Waals surface area contributed by atoms with Gasteiger partial charge in [-0.05, 0) is 12.1 Å². The Morgan fingerprint density at radius 1 is 1.58 bits per heavy atom. The zero-order valence-corrected chi connectivity index (χ0v) is 11.7. The lowest BCUT2D eigenvalue weighted by atomic mass is 9.94. The number of aromatic nitrogens is 1. The normalized spacial score (nSPS) is 17.9. The Hall–Kier alpha value is -1.24. The fourth-order valence-corrected chi connectivity index (χ4v) is 2.36. The van der Waals surface area contributed by atoms with Gasteiger partial charge in [-0.1, -0.05) is 12.2 Å². The topological polar surface area (TPSA) is 63.3 Å². The van der Waals surface area contributed by atoms with Crippen molar-refractivity contribution in [2.45, 2.75) is 18.4 Å². The van der Waals surface area contributed by atoms with Crippen molar-refractivity contribution in [1.82, 2.24) is 10.3 Å². The molecule has 5 nitrogen and oxygen atoms in total. The summed E-state index contributed by atoms with van der Waals surface area (Å²) >= 11 is 5.09. The fraction of sp³-hybridized carbons (Fsp3) is 0.538. The standard InChI is InChI=1S/C13H18N2O3S/c1-17-13(4-7-18-8-5-13)9-15-11(16)10-3-2-6-14-12(10)19/h2-3,6H,4-5,7-9H2,1H3,(H,14,19)(H,15,16). The number of nitrogens with one attached hydrogen (secondary N) is 2. The van der Waals surface area contributed by atoms with Crippen LogP contribution in [0.4, 0.5) is 0 Å². The Bertz CT molecular complexity index is 495. The van der Waals surface area contributed by atoms with E-state index in [0.717, 1.165) is 12.8 Å². The van der Waals surface area contributed by atoms with Crippen molar-refractivity contribution in [3.8, 4) is 0 Å². The van der Waals surface area contributed by atoms with E-state index in [-0.39, 0.29) is 11.5 Å². The van der Waals surface area contributed by atoms with Gasteiger partial charge >= 0.3 is 0 Å². The third-order valence-corrected chi connectivity index (χ3v) is 3.81. The second-order valence-electron chi connectivity index (χ2n) is 4.60. The Kier molecular flexibility index (Phi) is 4.68. The summed E-state index contributed by atoms with van der Waals surface area (Å²) < 4.78 is 11.3. The van der Waals surface area contributed by atoms with Crippen LogP contribution < -0.4 is 5.32 Å². The zero-order chi connectivity index (χ0) is 13.7. The van der Waals surface area contributed by atoms with Crippen molar-refractivity contribution in [2.75, 3.05) is 26.9 Å². The van der Waals surface area contributed by atoms with Crippen LogP contribution in [0, 0.1) is 4.64 Å². The maximum absolute atomic E-state index is 12.1. The number of amides is 1. The maximum atomic E-state index is 12.1. The molecule has 0 aliphatic carbocycles. The highest BCUT2D eigenvalue weighted by atomic mass is 32.1. The van der Waals surface area contributed by atoms with Gasteiger partial charge in [0.25, 0.3) is 5.91 Å². The van der Waals surface area contributed by atoms with E-state index in [2.05, 4.69) is 10.3 Å². The summed E-state index contributed by atoms with van der Waals surface area (Å²) in [6.07, 6.45) is 3.27. The number of carbonyl (C=O) groups is 1. The second kappa shape index (κ2) is 6.27. The SMILES string of the molecule is COC1(CNC(=O)c2ccc[nH]c2=S)CCOCC1. The first-order chi connectivity index (χ1) is 9.17. The molecule has 2 heterocycles. The first kappa shape index (κ1) is 14.2. The molecular weight excluding hydrogens is 264 g/mol. The molecule has 2 N–H and O–H groups in total. The van der Waals surface area contributed by atoms with E-state index < -0.39 is 0 Å². The van der Waals surface area contributed by atoms with Crippen molar-refractivity contribution in [1.29, 1.82) is 0 Å². The first-order valence-corrected chi connectivity index (χ1v) is 6.66. The molecule has 0 unspecified atom stereocenters. The summed E-state index contributed by atoms with van der Waals surface area (Å²) in [5, 5.41) is 2.90. The Morgan fingerprint density at radius 3 is 2.95 bits per heavy atom. The number of H-pyrrole nitrogens is 1. The van der Waals surface area contributed by atoms with E-state index in [0.29, 0.717) is 30.0 Å². The minimum absolute atomic E-state index is 0.176. The summed E-state index contributed by atoms with van der Waals surface area (Å²) in [5.74, 6) is -0.176. The molecular formula is C13H18N2O3S. The van der Waals surface area contributed by atoms with Crippen LogP contribution in [0.1, 0.15) is 23.2 Å². The molecule has 1 aliphatic heterocycles. The smallest absolute Gasteiger partial charge is 0.254 e. The molecule has 1 aromatic rings. The molecule has 0 saturated carbocycles. The molecule has 1 aromatic heterocycles. The number of hydrogen-bond donors (Lipinski definition) is 2. The maximum Gasteiger partial charge on any atom is 0.254 e. The van der Waals surface area contributed by atoms with Crippen LogP contribution in [0.25, 0.3) is 0 Å². The van der Waals surface area contributed by atoms with Crippen LogP contribution in [-0.4, -0.2) is 43.4 Å². The molecule has 0 aromatic carbocycles. The summed E-state index contributed by atoms with van der Waals surface area (Å²) in [5.41, 5.74) is 0.157. The van der Waals surface area contributed by atoms with Gasteiger partial charge in [0.05, 0.1) is 11.2 Å². The summed E-state index contributed by atoms with van der Waals surface area (Å²) in [6.45, 7) is 1.79. The summed E-state index contributed by atoms with van der Waals surface area (Å²) in [6, 6.07) is 3.46. The number of ether oxygens (including phenoxy) is 2. The minimum atomic E-state index is -0.325. The average Bonchev–Trinajstić information content (AvgIpc) is 2.46. The highest BCUT2D eigenvalue weighted by molar-refractivity contribution is 7.71. The Morgan fingerprint density at radius 2 is 2.32 bits per heavy atom. The van der Waals surface area contributed by atoms with Crippen LogP contribution in [0.15, 0.2) is 18.3 Å². The number of methoxy groups -OCH3 is 1. The van der Waals surface area contributed by atoms with Crippen molar-refractivity contribution < 1.29 is 14.3 Å². The third-order valence-electron chi connectivity index (χ3n) is 3.47. The monoisotopic (exact) mass is 282 g/mol.